The van der Waals surface area contributed by atoms with Gasteiger partial charge in [-0.25, -0.2) is 0 Å². The summed E-state index contributed by atoms with van der Waals surface area (Å²) in [6, 6.07) is 15.0. The average molecular weight is 318 g/mol. The van der Waals surface area contributed by atoms with Gasteiger partial charge in [0.2, 0.25) is 0 Å². The van der Waals surface area contributed by atoms with Crippen LogP contribution < -0.4 is 5.32 Å². The molecule has 1 atom stereocenters. The van der Waals surface area contributed by atoms with Crippen molar-refractivity contribution in [2.24, 2.45) is 4.99 Å². The summed E-state index contributed by atoms with van der Waals surface area (Å²) < 4.78 is 0. The summed E-state index contributed by atoms with van der Waals surface area (Å²) in [6.45, 7) is 1.92. The Morgan fingerprint density at radius 2 is 1.83 bits per heavy atom. The molecule has 1 aliphatic carbocycles. The summed E-state index contributed by atoms with van der Waals surface area (Å²) in [4.78, 5) is 17.5. The van der Waals surface area contributed by atoms with E-state index in [1.807, 2.05) is 43.3 Å². The van der Waals surface area contributed by atoms with Crippen LogP contribution in [-0.4, -0.2) is 16.6 Å². The van der Waals surface area contributed by atoms with E-state index in [1.54, 1.807) is 12.1 Å². The van der Waals surface area contributed by atoms with E-state index in [0.29, 0.717) is 18.4 Å². The predicted molar refractivity (Wildman–Crippen MR) is 94.9 cm³/mol. The second-order valence-corrected chi connectivity index (χ2v) is 6.29. The molecule has 0 saturated heterocycles. The van der Waals surface area contributed by atoms with Crippen LogP contribution in [0.4, 0.5) is 11.4 Å². The van der Waals surface area contributed by atoms with Gasteiger partial charge in [-0.3, -0.25) is 9.79 Å². The fourth-order valence-corrected chi connectivity index (χ4v) is 3.56. The van der Waals surface area contributed by atoms with Gasteiger partial charge in [-0.1, -0.05) is 30.3 Å². The van der Waals surface area contributed by atoms with E-state index in [4.69, 9.17) is 4.99 Å². The number of anilines is 1. The van der Waals surface area contributed by atoms with Crippen molar-refractivity contribution < 1.29 is 9.90 Å². The molecule has 1 saturated carbocycles. The number of para-hydroxylation sites is 3. The number of hydrogen-bond acceptors (Lipinski definition) is 4. The third-order valence-corrected chi connectivity index (χ3v) is 4.67. The van der Waals surface area contributed by atoms with Crippen LogP contribution in [0.1, 0.15) is 31.2 Å². The Kier molecular flexibility index (Phi) is 3.45. The maximum Gasteiger partial charge on any atom is 0.167 e. The molecular formula is C20H18N2O2. The molecule has 0 bridgehead atoms. The molecule has 4 nitrogen and oxygen atoms in total. The summed E-state index contributed by atoms with van der Waals surface area (Å²) in [7, 11) is 0. The van der Waals surface area contributed by atoms with Crippen molar-refractivity contribution in [2.75, 3.05) is 5.32 Å². The highest BCUT2D eigenvalue weighted by molar-refractivity contribution is 6.26. The van der Waals surface area contributed by atoms with Crippen LogP contribution in [0.2, 0.25) is 0 Å². The molecule has 1 heterocycles. The minimum absolute atomic E-state index is 0.0423. The zero-order chi connectivity index (χ0) is 16.7. The molecule has 2 aromatic carbocycles. The fraction of sp³-hybridized carbons (Fsp3) is 0.200. The summed E-state index contributed by atoms with van der Waals surface area (Å²) in [6.07, 6.45) is 1.04. The third-order valence-electron chi connectivity index (χ3n) is 4.67. The maximum atomic E-state index is 12.8. The second kappa shape index (κ2) is 5.64. The average Bonchev–Trinajstić information content (AvgIpc) is 2.70. The summed E-state index contributed by atoms with van der Waals surface area (Å²) >= 11 is 0. The number of aliphatic imine (C=N–C) groups is 1. The Balaban J connectivity index is 1.80. The topological polar surface area (TPSA) is 61.7 Å². The molecule has 2 aliphatic rings. The van der Waals surface area contributed by atoms with Gasteiger partial charge >= 0.3 is 0 Å². The number of nitrogens with zero attached hydrogens (tertiary/aromatic N) is 1. The third kappa shape index (κ3) is 2.40. The Labute approximate surface area is 140 Å². The van der Waals surface area contributed by atoms with Gasteiger partial charge in [-0.2, -0.15) is 0 Å². The lowest BCUT2D eigenvalue weighted by atomic mass is 9.78. The number of allylic oxidation sites excluding steroid dienone is 2. The van der Waals surface area contributed by atoms with Crippen molar-refractivity contribution in [3.05, 3.63) is 65.4 Å². The normalized spacial score (nSPS) is 19.8. The highest BCUT2D eigenvalue weighted by Crippen LogP contribution is 2.40. The number of carbonyl (C=O) groups excluding carboxylic acids is 1. The van der Waals surface area contributed by atoms with Crippen LogP contribution in [0.5, 0.6) is 5.75 Å². The van der Waals surface area contributed by atoms with E-state index in [2.05, 4.69) is 5.32 Å². The lowest BCUT2D eigenvalue weighted by Gasteiger charge is -2.26. The SMILES string of the molecule is CC1=C2C(=O)CC(c3ccccc3O)CC2=Nc2ccccc2N1. The highest BCUT2D eigenvalue weighted by atomic mass is 16.3. The standard InChI is InChI=1S/C20H18N2O2/c1-12-20-17(22-16-8-4-3-7-15(16)21-12)10-13(11-19(20)24)14-6-2-5-9-18(14)23/h2-9,13,21,23H,10-11H2,1H3. The van der Waals surface area contributed by atoms with E-state index >= 15 is 0 Å². The zero-order valence-electron chi connectivity index (χ0n) is 13.4. The number of nitrogens with one attached hydrogen (secondary N) is 1. The number of carbonyl (C=O) groups is 1. The summed E-state index contributed by atoms with van der Waals surface area (Å²) in [5.41, 5.74) is 4.91. The van der Waals surface area contributed by atoms with Gasteiger partial charge in [0, 0.05) is 18.0 Å². The van der Waals surface area contributed by atoms with Crippen molar-refractivity contribution in [1.82, 2.24) is 0 Å². The fourth-order valence-electron chi connectivity index (χ4n) is 3.56. The number of rotatable bonds is 1. The number of ketones is 1. The van der Waals surface area contributed by atoms with Gasteiger partial charge in [-0.05, 0) is 37.1 Å². The van der Waals surface area contributed by atoms with E-state index < -0.39 is 0 Å². The van der Waals surface area contributed by atoms with Crippen molar-refractivity contribution in [1.29, 1.82) is 0 Å². The van der Waals surface area contributed by atoms with Crippen LogP contribution >= 0.6 is 0 Å². The molecule has 120 valence electrons. The number of Topliss-reactive ketones (excluding diaryl/α,β-unsaturated/α-hetero) is 1. The van der Waals surface area contributed by atoms with Gasteiger partial charge in [0.1, 0.15) is 5.75 Å². The Hall–Kier alpha value is -2.88. The molecule has 0 amide bonds. The maximum absolute atomic E-state index is 12.8. The molecular weight excluding hydrogens is 300 g/mol. The van der Waals surface area contributed by atoms with E-state index in [9.17, 15) is 9.90 Å². The Morgan fingerprint density at radius 1 is 1.08 bits per heavy atom. The number of benzene rings is 2. The van der Waals surface area contributed by atoms with Crippen molar-refractivity contribution in [2.45, 2.75) is 25.7 Å². The number of phenolic OH excluding ortho intramolecular Hbond substituents is 1. The lowest BCUT2D eigenvalue weighted by Crippen LogP contribution is -2.26. The van der Waals surface area contributed by atoms with Crippen LogP contribution in [0.3, 0.4) is 0 Å². The number of hydrogen-bond donors (Lipinski definition) is 2. The minimum Gasteiger partial charge on any atom is -0.508 e. The molecule has 1 fully saturated rings. The van der Waals surface area contributed by atoms with Crippen molar-refractivity contribution >= 4 is 22.9 Å². The first kappa shape index (κ1) is 14.7. The molecule has 2 aromatic rings. The van der Waals surface area contributed by atoms with Crippen molar-refractivity contribution in [3.63, 3.8) is 0 Å². The molecule has 24 heavy (non-hydrogen) atoms. The van der Waals surface area contributed by atoms with Gasteiger partial charge in [-0.15, -0.1) is 0 Å². The smallest absolute Gasteiger partial charge is 0.167 e. The highest BCUT2D eigenvalue weighted by Gasteiger charge is 2.33. The van der Waals surface area contributed by atoms with Crippen LogP contribution in [0, 0.1) is 0 Å². The van der Waals surface area contributed by atoms with E-state index in [1.165, 1.54) is 0 Å². The first-order valence-corrected chi connectivity index (χ1v) is 8.09. The van der Waals surface area contributed by atoms with E-state index in [-0.39, 0.29) is 17.5 Å². The van der Waals surface area contributed by atoms with Gasteiger partial charge < -0.3 is 10.4 Å². The van der Waals surface area contributed by atoms with Crippen molar-refractivity contribution in [3.8, 4) is 5.75 Å². The second-order valence-electron chi connectivity index (χ2n) is 6.29. The molecule has 0 spiro atoms. The van der Waals surface area contributed by atoms with Crippen LogP contribution in [0.25, 0.3) is 0 Å². The first-order chi connectivity index (χ1) is 11.6. The molecule has 1 unspecified atom stereocenters. The minimum atomic E-state index is -0.0423. The molecule has 2 N–H and O–H groups in total. The van der Waals surface area contributed by atoms with E-state index in [0.717, 1.165) is 28.3 Å². The van der Waals surface area contributed by atoms with Crippen LogP contribution in [-0.2, 0) is 4.79 Å². The Bertz CT molecular complexity index is 896. The first-order valence-electron chi connectivity index (χ1n) is 8.09. The van der Waals surface area contributed by atoms with Gasteiger partial charge in [0.15, 0.2) is 5.78 Å². The van der Waals surface area contributed by atoms with Gasteiger partial charge in [0.05, 0.1) is 22.7 Å². The molecule has 0 aromatic heterocycles. The largest absolute Gasteiger partial charge is 0.508 e. The summed E-state index contributed by atoms with van der Waals surface area (Å²) in [5, 5.41) is 13.4. The quantitative estimate of drug-likeness (QED) is 0.823. The number of phenols is 1. The van der Waals surface area contributed by atoms with Crippen LogP contribution in [0.15, 0.2) is 64.8 Å². The molecule has 4 rings (SSSR count). The number of fused-ring (bicyclic) bond motifs is 2. The lowest BCUT2D eigenvalue weighted by molar-refractivity contribution is -0.115. The molecule has 1 aliphatic heterocycles. The summed E-state index contributed by atoms with van der Waals surface area (Å²) in [5.74, 6) is 0.275. The van der Waals surface area contributed by atoms with Gasteiger partial charge in [0.25, 0.3) is 0 Å². The molecule has 4 heteroatoms. The number of aromatic hydroxyl groups is 1. The molecule has 0 radical (unpaired) electrons. The Morgan fingerprint density at radius 3 is 2.67 bits per heavy atom. The predicted octanol–water partition coefficient (Wildman–Crippen LogP) is 4.31. The zero-order valence-corrected chi connectivity index (χ0v) is 13.4. The monoisotopic (exact) mass is 318 g/mol.